The number of carbonyl (C=O) groups is 1. The summed E-state index contributed by atoms with van der Waals surface area (Å²) >= 11 is 0. The van der Waals surface area contributed by atoms with E-state index in [-0.39, 0.29) is 5.91 Å². The molecule has 0 fully saturated rings. The van der Waals surface area contributed by atoms with E-state index >= 15 is 0 Å². The Morgan fingerprint density at radius 1 is 1.11 bits per heavy atom. The second-order valence-electron chi connectivity index (χ2n) is 3.34. The Labute approximate surface area is 118 Å². The Balaban J connectivity index is 0. The molecule has 0 N–H and O–H groups in total. The predicted octanol–water partition coefficient (Wildman–Crippen LogP) is 4.74. The number of carbonyl (C=O) groups excluding carboxylic acids is 1. The highest BCUT2D eigenvalue weighted by atomic mass is 16.2. The summed E-state index contributed by atoms with van der Waals surface area (Å²) in [7, 11) is 1.72. The minimum absolute atomic E-state index is 0.00658. The molecule has 0 unspecified atom stereocenters. The number of amides is 1. The van der Waals surface area contributed by atoms with Gasteiger partial charge in [-0.1, -0.05) is 64.6 Å². The van der Waals surface area contributed by atoms with Gasteiger partial charge < -0.3 is 4.90 Å². The van der Waals surface area contributed by atoms with Gasteiger partial charge in [0.1, 0.15) is 0 Å². The average Bonchev–Trinajstić information content (AvgIpc) is 2.49. The number of nitrogens with zero attached hydrogens (tertiary/aromatic N) is 1. The van der Waals surface area contributed by atoms with Crippen molar-refractivity contribution in [2.75, 3.05) is 7.05 Å². The normalized spacial score (nSPS) is 8.74. The zero-order chi connectivity index (χ0) is 15.3. The standard InChI is InChI=1S/C13H15NO.2C2H6/c1-11(9-10-14(3)12(2)15)13-7-5-4-6-8-13;2*1-2/h4-10H,1H2,2-3H3;2*1-2H3/b10-9-;;. The lowest BCUT2D eigenvalue weighted by atomic mass is 10.1. The molecule has 1 rings (SSSR count). The summed E-state index contributed by atoms with van der Waals surface area (Å²) in [5.41, 5.74) is 1.95. The summed E-state index contributed by atoms with van der Waals surface area (Å²) < 4.78 is 0. The van der Waals surface area contributed by atoms with Gasteiger partial charge in [-0.15, -0.1) is 0 Å². The van der Waals surface area contributed by atoms with Gasteiger partial charge in [-0.3, -0.25) is 4.79 Å². The summed E-state index contributed by atoms with van der Waals surface area (Å²) in [5.74, 6) is 0.00658. The van der Waals surface area contributed by atoms with Crippen LogP contribution < -0.4 is 0 Å². The smallest absolute Gasteiger partial charge is 0.223 e. The van der Waals surface area contributed by atoms with E-state index in [1.54, 1.807) is 13.2 Å². The second-order valence-corrected chi connectivity index (χ2v) is 3.34. The summed E-state index contributed by atoms with van der Waals surface area (Å²) in [6.07, 6.45) is 3.55. The van der Waals surface area contributed by atoms with E-state index in [2.05, 4.69) is 6.58 Å². The van der Waals surface area contributed by atoms with Crippen LogP contribution in [0.2, 0.25) is 0 Å². The van der Waals surface area contributed by atoms with E-state index in [0.29, 0.717) is 0 Å². The van der Waals surface area contributed by atoms with Gasteiger partial charge in [-0.05, 0) is 17.2 Å². The van der Waals surface area contributed by atoms with Crippen LogP contribution in [0.5, 0.6) is 0 Å². The Kier molecular flexibility index (Phi) is 13.0. The Morgan fingerprint density at radius 2 is 1.58 bits per heavy atom. The molecular weight excluding hydrogens is 234 g/mol. The predicted molar refractivity (Wildman–Crippen MR) is 85.8 cm³/mol. The number of rotatable bonds is 3. The largest absolute Gasteiger partial charge is 0.322 e. The van der Waals surface area contributed by atoms with Crippen molar-refractivity contribution >= 4 is 11.5 Å². The van der Waals surface area contributed by atoms with Gasteiger partial charge in [0.15, 0.2) is 0 Å². The zero-order valence-corrected chi connectivity index (χ0v) is 13.1. The third-order valence-electron chi connectivity index (χ3n) is 2.14. The van der Waals surface area contributed by atoms with Gasteiger partial charge in [0.25, 0.3) is 0 Å². The van der Waals surface area contributed by atoms with Crippen molar-refractivity contribution in [1.29, 1.82) is 0 Å². The molecule has 19 heavy (non-hydrogen) atoms. The molecule has 0 aromatic heterocycles. The van der Waals surface area contributed by atoms with Crippen molar-refractivity contribution in [2.24, 2.45) is 0 Å². The monoisotopic (exact) mass is 261 g/mol. The molecule has 106 valence electrons. The maximum Gasteiger partial charge on any atom is 0.223 e. The molecule has 0 heterocycles. The summed E-state index contributed by atoms with van der Waals surface area (Å²) in [5, 5.41) is 0. The molecule has 0 spiro atoms. The molecule has 2 heteroatoms. The van der Waals surface area contributed by atoms with Crippen LogP contribution in [0.4, 0.5) is 0 Å². The van der Waals surface area contributed by atoms with Gasteiger partial charge in [-0.2, -0.15) is 0 Å². The highest BCUT2D eigenvalue weighted by Crippen LogP contribution is 2.12. The molecule has 0 radical (unpaired) electrons. The molecule has 0 aliphatic carbocycles. The van der Waals surface area contributed by atoms with Crippen LogP contribution in [0.3, 0.4) is 0 Å². The van der Waals surface area contributed by atoms with Crippen LogP contribution in [-0.4, -0.2) is 17.9 Å². The summed E-state index contributed by atoms with van der Waals surface area (Å²) in [4.78, 5) is 12.5. The first kappa shape index (κ1) is 19.5. The molecule has 0 atom stereocenters. The fourth-order valence-electron chi connectivity index (χ4n) is 1.06. The summed E-state index contributed by atoms with van der Waals surface area (Å²) in [6, 6.07) is 9.86. The number of allylic oxidation sites excluding steroid dienone is 2. The first-order valence-electron chi connectivity index (χ1n) is 6.77. The molecule has 0 saturated carbocycles. The lowest BCUT2D eigenvalue weighted by Gasteiger charge is -2.08. The average molecular weight is 261 g/mol. The molecule has 0 saturated heterocycles. The first-order chi connectivity index (χ1) is 9.11. The van der Waals surface area contributed by atoms with E-state index in [0.717, 1.165) is 11.1 Å². The molecular formula is C17H27NO. The number of hydrogen-bond acceptors (Lipinski definition) is 1. The zero-order valence-electron chi connectivity index (χ0n) is 13.1. The third-order valence-corrected chi connectivity index (χ3v) is 2.14. The van der Waals surface area contributed by atoms with Crippen molar-refractivity contribution < 1.29 is 4.79 Å². The number of benzene rings is 1. The maximum atomic E-state index is 10.9. The van der Waals surface area contributed by atoms with Crippen molar-refractivity contribution in [1.82, 2.24) is 4.90 Å². The third kappa shape index (κ3) is 8.83. The lowest BCUT2D eigenvalue weighted by Crippen LogP contribution is -2.16. The molecule has 1 aromatic carbocycles. The Hall–Kier alpha value is -1.83. The van der Waals surface area contributed by atoms with E-state index in [9.17, 15) is 4.79 Å². The van der Waals surface area contributed by atoms with Gasteiger partial charge in [0.2, 0.25) is 5.91 Å². The minimum Gasteiger partial charge on any atom is -0.322 e. The van der Waals surface area contributed by atoms with Crippen LogP contribution in [-0.2, 0) is 4.79 Å². The SMILES string of the molecule is C=C(/C=C\N(C)C(C)=O)c1ccccc1.CC.CC. The van der Waals surface area contributed by atoms with Crippen LogP contribution in [0.25, 0.3) is 5.57 Å². The number of hydrogen-bond donors (Lipinski definition) is 0. The van der Waals surface area contributed by atoms with Crippen LogP contribution in [0.15, 0.2) is 49.2 Å². The molecule has 2 nitrogen and oxygen atoms in total. The van der Waals surface area contributed by atoms with Gasteiger partial charge in [-0.25, -0.2) is 0 Å². The van der Waals surface area contributed by atoms with Gasteiger partial charge in [0, 0.05) is 20.2 Å². The van der Waals surface area contributed by atoms with Gasteiger partial charge >= 0.3 is 0 Å². The second kappa shape index (κ2) is 12.6. The van der Waals surface area contributed by atoms with E-state index in [1.807, 2.05) is 64.1 Å². The van der Waals surface area contributed by atoms with Crippen molar-refractivity contribution in [3.05, 3.63) is 54.8 Å². The molecule has 1 aromatic rings. The molecule has 0 aliphatic heterocycles. The van der Waals surface area contributed by atoms with Crippen LogP contribution in [0, 0.1) is 0 Å². The quantitative estimate of drug-likeness (QED) is 0.719. The topological polar surface area (TPSA) is 20.3 Å². The minimum atomic E-state index is 0.00658. The van der Waals surface area contributed by atoms with Crippen molar-refractivity contribution in [3.63, 3.8) is 0 Å². The van der Waals surface area contributed by atoms with E-state index < -0.39 is 0 Å². The van der Waals surface area contributed by atoms with Crippen molar-refractivity contribution in [3.8, 4) is 0 Å². The highest BCUT2D eigenvalue weighted by Gasteiger charge is 1.97. The molecule has 0 bridgehead atoms. The van der Waals surface area contributed by atoms with Crippen LogP contribution >= 0.6 is 0 Å². The fourth-order valence-corrected chi connectivity index (χ4v) is 1.06. The first-order valence-corrected chi connectivity index (χ1v) is 6.77. The lowest BCUT2D eigenvalue weighted by molar-refractivity contribution is -0.125. The van der Waals surface area contributed by atoms with Crippen LogP contribution in [0.1, 0.15) is 40.2 Å². The Bertz CT molecular complexity index is 380. The van der Waals surface area contributed by atoms with E-state index in [4.69, 9.17) is 0 Å². The van der Waals surface area contributed by atoms with Crippen molar-refractivity contribution in [2.45, 2.75) is 34.6 Å². The molecule has 1 amide bonds. The van der Waals surface area contributed by atoms with Gasteiger partial charge in [0.05, 0.1) is 0 Å². The highest BCUT2D eigenvalue weighted by molar-refractivity contribution is 5.76. The van der Waals surface area contributed by atoms with E-state index in [1.165, 1.54) is 11.8 Å². The maximum absolute atomic E-state index is 10.9. The Morgan fingerprint density at radius 3 is 2.00 bits per heavy atom. The molecule has 0 aliphatic rings. The fraction of sp³-hybridized carbons (Fsp3) is 0.353. The summed E-state index contributed by atoms with van der Waals surface area (Å²) in [6.45, 7) is 13.5.